The molecule has 1 saturated carbocycles. The van der Waals surface area contributed by atoms with Gasteiger partial charge in [0.15, 0.2) is 0 Å². The van der Waals surface area contributed by atoms with Crippen LogP contribution < -0.4 is 4.74 Å². The maximum absolute atomic E-state index is 9.65. The van der Waals surface area contributed by atoms with Crippen LogP contribution in [0.2, 0.25) is 0 Å². The van der Waals surface area contributed by atoms with Crippen molar-refractivity contribution in [3.8, 4) is 5.75 Å². The molecule has 0 bridgehead atoms. The fourth-order valence-electron chi connectivity index (χ4n) is 3.49. The molecule has 2 atom stereocenters. The Morgan fingerprint density at radius 1 is 1.35 bits per heavy atom. The first-order valence-electron chi connectivity index (χ1n) is 7.76. The Morgan fingerprint density at radius 2 is 2.15 bits per heavy atom. The van der Waals surface area contributed by atoms with Crippen molar-refractivity contribution >= 4 is 0 Å². The van der Waals surface area contributed by atoms with Gasteiger partial charge in [0.2, 0.25) is 0 Å². The topological polar surface area (TPSA) is 38.7 Å². The minimum atomic E-state index is -0.450. The second kappa shape index (κ2) is 5.74. The molecule has 1 saturated heterocycles. The molecule has 2 aliphatic rings. The maximum atomic E-state index is 9.65. The second-order valence-corrected chi connectivity index (χ2v) is 6.22. The molecule has 3 heteroatoms. The van der Waals surface area contributed by atoms with Crippen molar-refractivity contribution < 1.29 is 14.6 Å². The Hall–Kier alpha value is -1.06. The first kappa shape index (κ1) is 13.9. The van der Waals surface area contributed by atoms with E-state index in [4.69, 9.17) is 9.47 Å². The van der Waals surface area contributed by atoms with Gasteiger partial charge in [0, 0.05) is 12.8 Å². The van der Waals surface area contributed by atoms with Crippen LogP contribution >= 0.6 is 0 Å². The van der Waals surface area contributed by atoms with E-state index >= 15 is 0 Å². The van der Waals surface area contributed by atoms with Crippen LogP contribution in [0.1, 0.15) is 57.1 Å². The fourth-order valence-corrected chi connectivity index (χ4v) is 3.49. The molecule has 110 valence electrons. The van der Waals surface area contributed by atoms with Gasteiger partial charge in [-0.25, -0.2) is 0 Å². The average molecular weight is 276 g/mol. The SMILES string of the molecule is C[C@@H](O)c1cccc(OC2CCOC3(CCCC3)C2)c1. The zero-order chi connectivity index (χ0) is 14.0. The van der Waals surface area contributed by atoms with Gasteiger partial charge in [-0.1, -0.05) is 25.0 Å². The highest BCUT2D eigenvalue weighted by Gasteiger charge is 2.40. The maximum Gasteiger partial charge on any atom is 0.120 e. The van der Waals surface area contributed by atoms with Crippen molar-refractivity contribution in [1.82, 2.24) is 0 Å². The van der Waals surface area contributed by atoms with Gasteiger partial charge in [0.05, 0.1) is 18.3 Å². The molecule has 1 spiro atoms. The van der Waals surface area contributed by atoms with Crippen LogP contribution in [0.15, 0.2) is 24.3 Å². The van der Waals surface area contributed by atoms with E-state index < -0.39 is 6.10 Å². The zero-order valence-corrected chi connectivity index (χ0v) is 12.2. The summed E-state index contributed by atoms with van der Waals surface area (Å²) in [5.74, 6) is 0.864. The van der Waals surface area contributed by atoms with Gasteiger partial charge in [-0.15, -0.1) is 0 Å². The Morgan fingerprint density at radius 3 is 2.90 bits per heavy atom. The summed E-state index contributed by atoms with van der Waals surface area (Å²) in [5, 5.41) is 9.65. The lowest BCUT2D eigenvalue weighted by Crippen LogP contribution is -2.41. The highest BCUT2D eigenvalue weighted by atomic mass is 16.5. The van der Waals surface area contributed by atoms with E-state index in [-0.39, 0.29) is 11.7 Å². The molecule has 1 N–H and O–H groups in total. The summed E-state index contributed by atoms with van der Waals surface area (Å²) >= 11 is 0. The van der Waals surface area contributed by atoms with Crippen molar-refractivity contribution in [3.63, 3.8) is 0 Å². The largest absolute Gasteiger partial charge is 0.490 e. The molecule has 2 fully saturated rings. The van der Waals surface area contributed by atoms with Crippen LogP contribution in [-0.4, -0.2) is 23.4 Å². The molecule has 1 heterocycles. The molecule has 1 aliphatic heterocycles. The highest BCUT2D eigenvalue weighted by molar-refractivity contribution is 5.29. The molecule has 0 amide bonds. The van der Waals surface area contributed by atoms with Crippen LogP contribution in [-0.2, 0) is 4.74 Å². The van der Waals surface area contributed by atoms with E-state index in [0.717, 1.165) is 30.8 Å². The Kier molecular flexibility index (Phi) is 3.99. The molecule has 1 aromatic carbocycles. The van der Waals surface area contributed by atoms with Gasteiger partial charge < -0.3 is 14.6 Å². The number of rotatable bonds is 3. The summed E-state index contributed by atoms with van der Waals surface area (Å²) in [6.07, 6.45) is 6.68. The standard InChI is InChI=1S/C17H24O3/c1-13(18)14-5-4-6-15(11-14)20-16-7-10-19-17(12-16)8-2-3-9-17/h4-6,11,13,16,18H,2-3,7-10,12H2,1H3/t13-,16?/m1/s1. The molecular formula is C17H24O3. The van der Waals surface area contributed by atoms with Crippen molar-refractivity contribution in [2.75, 3.05) is 6.61 Å². The predicted octanol–water partition coefficient (Wildman–Crippen LogP) is 3.61. The highest BCUT2D eigenvalue weighted by Crippen LogP contribution is 2.41. The molecule has 0 radical (unpaired) electrons. The third-order valence-corrected chi connectivity index (χ3v) is 4.61. The molecule has 3 nitrogen and oxygen atoms in total. The Labute approximate surface area is 120 Å². The summed E-state index contributed by atoms with van der Waals surface area (Å²) in [5.41, 5.74) is 0.996. The third-order valence-electron chi connectivity index (χ3n) is 4.61. The van der Waals surface area contributed by atoms with E-state index in [1.807, 2.05) is 24.3 Å². The van der Waals surface area contributed by atoms with Gasteiger partial charge in [0.1, 0.15) is 11.9 Å². The summed E-state index contributed by atoms with van der Waals surface area (Å²) in [7, 11) is 0. The lowest BCUT2D eigenvalue weighted by molar-refractivity contribution is -0.108. The normalized spacial score (nSPS) is 26.6. The summed E-state index contributed by atoms with van der Waals surface area (Å²) in [6.45, 7) is 2.59. The number of ether oxygens (including phenoxy) is 2. The second-order valence-electron chi connectivity index (χ2n) is 6.22. The monoisotopic (exact) mass is 276 g/mol. The summed E-state index contributed by atoms with van der Waals surface area (Å²) in [4.78, 5) is 0. The number of hydrogen-bond acceptors (Lipinski definition) is 3. The fraction of sp³-hybridized carbons (Fsp3) is 0.647. The zero-order valence-electron chi connectivity index (χ0n) is 12.2. The number of aliphatic hydroxyl groups is 1. The number of hydrogen-bond donors (Lipinski definition) is 1. The van der Waals surface area contributed by atoms with E-state index in [1.54, 1.807) is 6.92 Å². The van der Waals surface area contributed by atoms with Gasteiger partial charge >= 0.3 is 0 Å². The molecule has 20 heavy (non-hydrogen) atoms. The third kappa shape index (κ3) is 2.99. The first-order chi connectivity index (χ1) is 9.67. The minimum Gasteiger partial charge on any atom is -0.490 e. The van der Waals surface area contributed by atoms with E-state index in [1.165, 1.54) is 25.7 Å². The molecule has 1 aromatic rings. The number of aliphatic hydroxyl groups excluding tert-OH is 1. The summed E-state index contributed by atoms with van der Waals surface area (Å²) < 4.78 is 12.2. The Bertz CT molecular complexity index is 449. The molecule has 3 rings (SSSR count). The van der Waals surface area contributed by atoms with E-state index in [0.29, 0.717) is 0 Å². The quantitative estimate of drug-likeness (QED) is 0.916. The predicted molar refractivity (Wildman–Crippen MR) is 77.9 cm³/mol. The average Bonchev–Trinajstić information content (AvgIpc) is 2.87. The van der Waals surface area contributed by atoms with Gasteiger partial charge in [0.25, 0.3) is 0 Å². The van der Waals surface area contributed by atoms with Gasteiger partial charge in [-0.3, -0.25) is 0 Å². The Balaban J connectivity index is 1.66. The molecular weight excluding hydrogens is 252 g/mol. The smallest absolute Gasteiger partial charge is 0.120 e. The van der Waals surface area contributed by atoms with Crippen LogP contribution in [0.5, 0.6) is 5.75 Å². The van der Waals surface area contributed by atoms with E-state index in [9.17, 15) is 5.11 Å². The molecule has 1 aliphatic carbocycles. The molecule has 0 aromatic heterocycles. The van der Waals surface area contributed by atoms with Crippen LogP contribution in [0.4, 0.5) is 0 Å². The minimum absolute atomic E-state index is 0.0881. The van der Waals surface area contributed by atoms with Gasteiger partial charge in [-0.2, -0.15) is 0 Å². The lowest BCUT2D eigenvalue weighted by Gasteiger charge is -2.38. The van der Waals surface area contributed by atoms with Crippen LogP contribution in [0.3, 0.4) is 0 Å². The lowest BCUT2D eigenvalue weighted by atomic mass is 9.90. The summed E-state index contributed by atoms with van der Waals surface area (Å²) in [6, 6.07) is 7.80. The number of benzene rings is 1. The van der Waals surface area contributed by atoms with Crippen molar-refractivity contribution in [3.05, 3.63) is 29.8 Å². The molecule has 1 unspecified atom stereocenters. The first-order valence-corrected chi connectivity index (χ1v) is 7.76. The van der Waals surface area contributed by atoms with Gasteiger partial charge in [-0.05, 0) is 37.5 Å². The van der Waals surface area contributed by atoms with Crippen LogP contribution in [0, 0.1) is 0 Å². The van der Waals surface area contributed by atoms with Crippen molar-refractivity contribution in [2.24, 2.45) is 0 Å². The van der Waals surface area contributed by atoms with Crippen LogP contribution in [0.25, 0.3) is 0 Å². The van der Waals surface area contributed by atoms with E-state index in [2.05, 4.69) is 0 Å². The van der Waals surface area contributed by atoms with Crippen molar-refractivity contribution in [2.45, 2.75) is 63.3 Å². The van der Waals surface area contributed by atoms with Crippen molar-refractivity contribution in [1.29, 1.82) is 0 Å².